The van der Waals surface area contributed by atoms with Crippen molar-refractivity contribution in [3.05, 3.63) is 65.2 Å². The number of piperidine rings is 1. The molecule has 11 heteroatoms. The molecule has 2 aromatic carbocycles. The molecule has 46 heavy (non-hydrogen) atoms. The number of amides is 3. The topological polar surface area (TPSA) is 155 Å². The van der Waals surface area contributed by atoms with Gasteiger partial charge in [0.2, 0.25) is 11.8 Å². The van der Waals surface area contributed by atoms with Crippen LogP contribution in [0.4, 0.5) is 4.79 Å². The van der Waals surface area contributed by atoms with Crippen LogP contribution in [0.5, 0.6) is 5.75 Å². The standard InChI is InChI=1S/C35H50N4O7/c1-3-4-20-46-35(44)39-31(16-17-32(40)41)34(43)38-30(15-13-26-9-6-5-7-10-26)33(42)37-24-28-22-29(14-12-25(28)2)45-21-18-27-11-8-19-36-23-27/h5-7,9-10,12,14,22,27,30-31,36H,3-4,8,11,13,15-21,23-24H2,1-2H3,(H,37,42)(H,38,43)(H,39,44)(H,40,41)/t27?,30-,31-/m0/s1. The SMILES string of the molecule is CCCCOC(=O)N[C@@H](CCC(=O)O)C(=O)N[C@@H](CCc1ccccc1)C(=O)NCc1cc(OCCC2CCCNC2)ccc1C. The van der Waals surface area contributed by atoms with Crippen LogP contribution in [0.3, 0.4) is 0 Å². The highest BCUT2D eigenvalue weighted by Crippen LogP contribution is 2.20. The van der Waals surface area contributed by atoms with Crippen molar-refractivity contribution < 1.29 is 33.8 Å². The van der Waals surface area contributed by atoms with E-state index >= 15 is 0 Å². The number of unbranched alkanes of at least 4 members (excludes halogenated alkanes) is 1. The molecule has 1 saturated heterocycles. The van der Waals surface area contributed by atoms with Crippen molar-refractivity contribution in [2.75, 3.05) is 26.3 Å². The number of aryl methyl sites for hydroxylation is 2. The number of hydrogen-bond donors (Lipinski definition) is 5. The molecule has 0 bridgehead atoms. The molecule has 2 aromatic rings. The van der Waals surface area contributed by atoms with Crippen molar-refractivity contribution >= 4 is 23.9 Å². The van der Waals surface area contributed by atoms with Gasteiger partial charge in [0, 0.05) is 13.0 Å². The van der Waals surface area contributed by atoms with E-state index < -0.39 is 30.1 Å². The van der Waals surface area contributed by atoms with Gasteiger partial charge < -0.3 is 35.8 Å². The number of benzene rings is 2. The number of carboxylic acids is 1. The summed E-state index contributed by atoms with van der Waals surface area (Å²) in [4.78, 5) is 50.5. The molecule has 3 amide bonds. The summed E-state index contributed by atoms with van der Waals surface area (Å²) in [5.41, 5.74) is 2.89. The lowest BCUT2D eigenvalue weighted by Gasteiger charge is -2.23. The number of carbonyl (C=O) groups is 4. The Kier molecular flexibility index (Phi) is 15.9. The fraction of sp³-hybridized carbons (Fsp3) is 0.543. The Bertz CT molecular complexity index is 1250. The number of carboxylic acid groups (broad SMARTS) is 1. The quantitative estimate of drug-likeness (QED) is 0.143. The van der Waals surface area contributed by atoms with Gasteiger partial charge >= 0.3 is 12.1 Å². The van der Waals surface area contributed by atoms with Crippen LogP contribution in [0.15, 0.2) is 48.5 Å². The normalized spacial score (nSPS) is 15.7. The van der Waals surface area contributed by atoms with E-state index in [1.54, 1.807) is 0 Å². The van der Waals surface area contributed by atoms with Gasteiger partial charge in [-0.3, -0.25) is 14.4 Å². The second-order valence-electron chi connectivity index (χ2n) is 11.9. The van der Waals surface area contributed by atoms with Gasteiger partial charge in [0.1, 0.15) is 17.8 Å². The summed E-state index contributed by atoms with van der Waals surface area (Å²) in [5.74, 6) is -0.786. The molecule has 11 nitrogen and oxygen atoms in total. The Morgan fingerprint density at radius 2 is 1.78 bits per heavy atom. The summed E-state index contributed by atoms with van der Waals surface area (Å²) >= 11 is 0. The zero-order chi connectivity index (χ0) is 33.1. The van der Waals surface area contributed by atoms with Crippen LogP contribution in [-0.4, -0.2) is 67.4 Å². The summed E-state index contributed by atoms with van der Waals surface area (Å²) in [6.45, 7) is 7.06. The fourth-order valence-corrected chi connectivity index (χ4v) is 5.27. The number of ether oxygens (including phenoxy) is 2. The lowest BCUT2D eigenvalue weighted by atomic mass is 9.97. The highest BCUT2D eigenvalue weighted by molar-refractivity contribution is 5.91. The molecule has 3 atom stereocenters. The van der Waals surface area contributed by atoms with E-state index in [-0.39, 0.29) is 31.9 Å². The van der Waals surface area contributed by atoms with Crippen LogP contribution in [0, 0.1) is 12.8 Å². The van der Waals surface area contributed by atoms with Gasteiger partial charge in [-0.05, 0) is 99.7 Å². The number of carbonyl (C=O) groups excluding carboxylic acids is 3. The van der Waals surface area contributed by atoms with Crippen molar-refractivity contribution in [3.63, 3.8) is 0 Å². The van der Waals surface area contributed by atoms with Crippen molar-refractivity contribution in [1.82, 2.24) is 21.3 Å². The molecule has 1 fully saturated rings. The number of hydrogen-bond acceptors (Lipinski definition) is 7. The van der Waals surface area contributed by atoms with E-state index in [9.17, 15) is 24.3 Å². The van der Waals surface area contributed by atoms with Gasteiger partial charge in [-0.2, -0.15) is 0 Å². The second-order valence-corrected chi connectivity index (χ2v) is 11.9. The maximum atomic E-state index is 13.5. The van der Waals surface area contributed by atoms with Gasteiger partial charge in [-0.25, -0.2) is 4.79 Å². The monoisotopic (exact) mass is 638 g/mol. The van der Waals surface area contributed by atoms with Crippen LogP contribution in [-0.2, 0) is 32.1 Å². The molecule has 5 N–H and O–H groups in total. The molecule has 252 valence electrons. The first-order chi connectivity index (χ1) is 22.2. The minimum Gasteiger partial charge on any atom is -0.494 e. The number of rotatable bonds is 19. The van der Waals surface area contributed by atoms with E-state index in [0.29, 0.717) is 31.8 Å². The average molecular weight is 639 g/mol. The summed E-state index contributed by atoms with van der Waals surface area (Å²) in [5, 5.41) is 20.8. The van der Waals surface area contributed by atoms with Crippen LogP contribution >= 0.6 is 0 Å². The van der Waals surface area contributed by atoms with E-state index in [2.05, 4.69) is 21.3 Å². The second kappa shape index (κ2) is 20.1. The Labute approximate surface area is 272 Å². The Balaban J connectivity index is 1.65. The first-order valence-electron chi connectivity index (χ1n) is 16.4. The van der Waals surface area contributed by atoms with E-state index in [0.717, 1.165) is 48.4 Å². The Morgan fingerprint density at radius 1 is 1.00 bits per heavy atom. The van der Waals surface area contributed by atoms with Crippen LogP contribution in [0.25, 0.3) is 0 Å². The Morgan fingerprint density at radius 3 is 2.50 bits per heavy atom. The van der Waals surface area contributed by atoms with Crippen molar-refractivity contribution in [3.8, 4) is 5.75 Å². The largest absolute Gasteiger partial charge is 0.494 e. The third-order valence-corrected chi connectivity index (χ3v) is 8.15. The summed E-state index contributed by atoms with van der Waals surface area (Å²) in [6, 6.07) is 13.3. The lowest BCUT2D eigenvalue weighted by molar-refractivity contribution is -0.137. The molecular weight excluding hydrogens is 588 g/mol. The molecule has 1 heterocycles. The summed E-state index contributed by atoms with van der Waals surface area (Å²) in [7, 11) is 0. The fourth-order valence-electron chi connectivity index (χ4n) is 5.27. The van der Waals surface area contributed by atoms with Gasteiger partial charge in [0.25, 0.3) is 0 Å². The highest BCUT2D eigenvalue weighted by Gasteiger charge is 2.28. The number of aliphatic carboxylic acids is 1. The molecule has 0 saturated carbocycles. The third kappa shape index (κ3) is 13.5. The molecule has 0 aromatic heterocycles. The number of alkyl carbamates (subject to hydrolysis) is 1. The van der Waals surface area contributed by atoms with Gasteiger partial charge in [-0.1, -0.05) is 49.7 Å². The predicted octanol–water partition coefficient (Wildman–Crippen LogP) is 4.26. The molecule has 1 unspecified atom stereocenters. The maximum Gasteiger partial charge on any atom is 0.407 e. The smallest absolute Gasteiger partial charge is 0.407 e. The van der Waals surface area contributed by atoms with Crippen molar-refractivity contribution in [2.24, 2.45) is 5.92 Å². The van der Waals surface area contributed by atoms with Gasteiger partial charge in [-0.15, -0.1) is 0 Å². The van der Waals surface area contributed by atoms with Crippen LogP contribution in [0.1, 0.15) is 75.0 Å². The molecular formula is C35H50N4O7. The lowest BCUT2D eigenvalue weighted by Crippen LogP contribution is -2.54. The van der Waals surface area contributed by atoms with Crippen LogP contribution in [0.2, 0.25) is 0 Å². The maximum absolute atomic E-state index is 13.5. The molecule has 0 spiro atoms. The van der Waals surface area contributed by atoms with Gasteiger partial charge in [0.05, 0.1) is 13.2 Å². The molecule has 1 aliphatic heterocycles. The molecule has 1 aliphatic rings. The van der Waals surface area contributed by atoms with E-state index in [4.69, 9.17) is 9.47 Å². The predicted molar refractivity (Wildman–Crippen MR) is 175 cm³/mol. The van der Waals surface area contributed by atoms with E-state index in [1.807, 2.05) is 62.4 Å². The zero-order valence-electron chi connectivity index (χ0n) is 27.1. The van der Waals surface area contributed by atoms with Crippen LogP contribution < -0.4 is 26.0 Å². The van der Waals surface area contributed by atoms with Crippen molar-refractivity contribution in [1.29, 1.82) is 0 Å². The first-order valence-corrected chi connectivity index (χ1v) is 16.4. The Hall–Kier alpha value is -4.12. The molecule has 0 aliphatic carbocycles. The minimum absolute atomic E-state index is 0.152. The summed E-state index contributed by atoms with van der Waals surface area (Å²) in [6.07, 6.45) is 4.38. The molecule has 3 rings (SSSR count). The third-order valence-electron chi connectivity index (χ3n) is 8.15. The van der Waals surface area contributed by atoms with E-state index in [1.165, 1.54) is 12.8 Å². The summed E-state index contributed by atoms with van der Waals surface area (Å²) < 4.78 is 11.2. The zero-order valence-corrected chi connectivity index (χ0v) is 27.1. The van der Waals surface area contributed by atoms with Gasteiger partial charge in [0.15, 0.2) is 0 Å². The first kappa shape index (κ1) is 36.3. The van der Waals surface area contributed by atoms with Crippen molar-refractivity contribution in [2.45, 2.75) is 90.3 Å². The number of nitrogens with one attached hydrogen (secondary N) is 4. The molecule has 0 radical (unpaired) electrons. The highest BCUT2D eigenvalue weighted by atomic mass is 16.5. The average Bonchev–Trinajstić information content (AvgIpc) is 3.05. The minimum atomic E-state index is -1.18.